The van der Waals surface area contributed by atoms with Crippen LogP contribution < -0.4 is 10.1 Å². The summed E-state index contributed by atoms with van der Waals surface area (Å²) in [5, 5.41) is 13.9. The second-order valence-electron chi connectivity index (χ2n) is 6.64. The van der Waals surface area contributed by atoms with E-state index in [0.717, 1.165) is 16.9 Å². The maximum atomic E-state index is 13.2. The van der Waals surface area contributed by atoms with E-state index in [2.05, 4.69) is 5.32 Å². The van der Waals surface area contributed by atoms with Gasteiger partial charge >= 0.3 is 0 Å². The fraction of sp³-hybridized carbons (Fsp3) is 0.350. The zero-order valence-electron chi connectivity index (χ0n) is 15.4. The molecular weight excluding hydrogens is 348 g/mol. The summed E-state index contributed by atoms with van der Waals surface area (Å²) >= 11 is 0. The van der Waals surface area contributed by atoms with E-state index in [9.17, 15) is 14.9 Å². The number of carbonyl (C=O) groups excluding carboxylic acids is 1. The number of nitro groups is 1. The van der Waals surface area contributed by atoms with Gasteiger partial charge in [0.25, 0.3) is 5.69 Å². The molecule has 7 heteroatoms. The van der Waals surface area contributed by atoms with Crippen LogP contribution in [-0.4, -0.2) is 31.2 Å². The molecule has 1 fully saturated rings. The Labute approximate surface area is 157 Å². The predicted molar refractivity (Wildman–Crippen MR) is 101 cm³/mol. The van der Waals surface area contributed by atoms with Crippen molar-refractivity contribution in [3.05, 3.63) is 63.7 Å². The third kappa shape index (κ3) is 3.78. The number of carbonyl (C=O) groups is 1. The van der Waals surface area contributed by atoms with Crippen LogP contribution in [-0.2, 0) is 14.9 Å². The van der Waals surface area contributed by atoms with Gasteiger partial charge in [-0.15, -0.1) is 0 Å². The lowest BCUT2D eigenvalue weighted by molar-refractivity contribution is -0.384. The van der Waals surface area contributed by atoms with Crippen molar-refractivity contribution < 1.29 is 19.2 Å². The standard InChI is InChI=1S/C20H22N2O5/c1-14-13-16(5-8-18(14)26-2)21-19(23)20(9-11-27-12-10-20)15-3-6-17(7-4-15)22(24)25/h3-8,13H,9-12H2,1-2H3,(H,21,23). The van der Waals surface area contributed by atoms with Crippen LogP contribution in [0.15, 0.2) is 42.5 Å². The van der Waals surface area contributed by atoms with Crippen LogP contribution >= 0.6 is 0 Å². The highest BCUT2D eigenvalue weighted by atomic mass is 16.6. The molecule has 2 aromatic rings. The lowest BCUT2D eigenvalue weighted by Crippen LogP contribution is -2.44. The van der Waals surface area contributed by atoms with Gasteiger partial charge in [-0.05, 0) is 49.1 Å². The van der Waals surface area contributed by atoms with Gasteiger partial charge in [0, 0.05) is 31.0 Å². The second kappa shape index (κ2) is 7.75. The Morgan fingerprint density at radius 3 is 2.41 bits per heavy atom. The molecule has 0 radical (unpaired) electrons. The average molecular weight is 370 g/mol. The third-order valence-electron chi connectivity index (χ3n) is 5.06. The van der Waals surface area contributed by atoms with Gasteiger partial charge in [0.2, 0.25) is 5.91 Å². The summed E-state index contributed by atoms with van der Waals surface area (Å²) in [5.41, 5.74) is 1.60. The molecule has 0 spiro atoms. The lowest BCUT2D eigenvalue weighted by atomic mass is 9.73. The summed E-state index contributed by atoms with van der Waals surface area (Å²) in [4.78, 5) is 23.7. The number of anilines is 1. The minimum Gasteiger partial charge on any atom is -0.496 e. The van der Waals surface area contributed by atoms with Crippen LogP contribution in [0.5, 0.6) is 5.75 Å². The highest BCUT2D eigenvalue weighted by Crippen LogP contribution is 2.37. The quantitative estimate of drug-likeness (QED) is 0.641. The Hall–Kier alpha value is -2.93. The van der Waals surface area contributed by atoms with Crippen molar-refractivity contribution in [3.63, 3.8) is 0 Å². The molecule has 1 heterocycles. The van der Waals surface area contributed by atoms with E-state index in [1.807, 2.05) is 19.1 Å². The largest absolute Gasteiger partial charge is 0.496 e. The summed E-state index contributed by atoms with van der Waals surface area (Å²) in [5.74, 6) is 0.619. The van der Waals surface area contributed by atoms with Crippen molar-refractivity contribution in [1.29, 1.82) is 0 Å². The predicted octanol–water partition coefficient (Wildman–Crippen LogP) is 3.60. The Bertz CT molecular complexity index is 842. The van der Waals surface area contributed by atoms with Crippen LogP contribution in [0.3, 0.4) is 0 Å². The fourth-order valence-corrected chi connectivity index (χ4v) is 3.48. The Morgan fingerprint density at radius 2 is 1.85 bits per heavy atom. The molecule has 1 amide bonds. The number of amides is 1. The molecule has 7 nitrogen and oxygen atoms in total. The summed E-state index contributed by atoms with van der Waals surface area (Å²) in [7, 11) is 1.60. The van der Waals surface area contributed by atoms with E-state index in [4.69, 9.17) is 9.47 Å². The number of ether oxygens (including phenoxy) is 2. The highest BCUT2D eigenvalue weighted by molar-refractivity contribution is 5.99. The molecule has 1 aliphatic rings. The maximum absolute atomic E-state index is 13.2. The Balaban J connectivity index is 1.90. The first-order valence-electron chi connectivity index (χ1n) is 8.75. The van der Waals surface area contributed by atoms with E-state index < -0.39 is 10.3 Å². The molecule has 0 saturated carbocycles. The van der Waals surface area contributed by atoms with Gasteiger partial charge in [-0.3, -0.25) is 14.9 Å². The number of nitrogens with one attached hydrogen (secondary N) is 1. The monoisotopic (exact) mass is 370 g/mol. The molecule has 1 saturated heterocycles. The number of aryl methyl sites for hydroxylation is 1. The number of hydrogen-bond acceptors (Lipinski definition) is 5. The smallest absolute Gasteiger partial charge is 0.269 e. The van der Waals surface area contributed by atoms with Gasteiger partial charge in [0.05, 0.1) is 17.4 Å². The molecule has 0 atom stereocenters. The molecule has 1 aliphatic heterocycles. The summed E-state index contributed by atoms with van der Waals surface area (Å²) in [6.45, 7) is 2.84. The number of rotatable bonds is 5. The number of nitro benzene ring substituents is 1. The summed E-state index contributed by atoms with van der Waals surface area (Å²) in [6.07, 6.45) is 1.04. The maximum Gasteiger partial charge on any atom is 0.269 e. The van der Waals surface area contributed by atoms with Crippen LogP contribution in [0.1, 0.15) is 24.0 Å². The summed E-state index contributed by atoms with van der Waals surface area (Å²) < 4.78 is 10.7. The van der Waals surface area contributed by atoms with Gasteiger partial charge in [0.1, 0.15) is 5.75 Å². The van der Waals surface area contributed by atoms with E-state index in [-0.39, 0.29) is 11.6 Å². The van der Waals surface area contributed by atoms with E-state index in [0.29, 0.717) is 31.7 Å². The van der Waals surface area contributed by atoms with Crippen molar-refractivity contribution >= 4 is 17.3 Å². The Kier molecular flexibility index (Phi) is 5.41. The van der Waals surface area contributed by atoms with Gasteiger partial charge in [0.15, 0.2) is 0 Å². The van der Waals surface area contributed by atoms with E-state index in [1.54, 1.807) is 25.3 Å². The van der Waals surface area contributed by atoms with Gasteiger partial charge in [-0.1, -0.05) is 12.1 Å². The van der Waals surface area contributed by atoms with E-state index >= 15 is 0 Å². The molecule has 1 N–H and O–H groups in total. The van der Waals surface area contributed by atoms with Crippen LogP contribution in [0.2, 0.25) is 0 Å². The average Bonchev–Trinajstić information content (AvgIpc) is 2.68. The SMILES string of the molecule is COc1ccc(NC(=O)C2(c3ccc([N+](=O)[O-])cc3)CCOCC2)cc1C. The molecule has 0 aromatic heterocycles. The van der Waals surface area contributed by atoms with Gasteiger partial charge in [-0.25, -0.2) is 0 Å². The number of non-ortho nitro benzene ring substituents is 1. The summed E-state index contributed by atoms with van der Waals surface area (Å²) in [6, 6.07) is 11.7. The number of benzene rings is 2. The zero-order chi connectivity index (χ0) is 19.4. The fourth-order valence-electron chi connectivity index (χ4n) is 3.48. The molecule has 0 bridgehead atoms. The van der Waals surface area contributed by atoms with Crippen molar-refractivity contribution in [2.24, 2.45) is 0 Å². The topological polar surface area (TPSA) is 90.7 Å². The number of hydrogen-bond donors (Lipinski definition) is 1. The van der Waals surface area contributed by atoms with Crippen molar-refractivity contribution in [1.82, 2.24) is 0 Å². The zero-order valence-corrected chi connectivity index (χ0v) is 15.4. The molecule has 2 aromatic carbocycles. The van der Waals surface area contributed by atoms with Gasteiger partial charge < -0.3 is 14.8 Å². The first-order valence-corrected chi connectivity index (χ1v) is 8.75. The van der Waals surface area contributed by atoms with Crippen LogP contribution in [0.4, 0.5) is 11.4 Å². The highest BCUT2D eigenvalue weighted by Gasteiger charge is 2.42. The second-order valence-corrected chi connectivity index (χ2v) is 6.64. The van der Waals surface area contributed by atoms with E-state index in [1.165, 1.54) is 12.1 Å². The normalized spacial score (nSPS) is 15.8. The van der Waals surface area contributed by atoms with Crippen LogP contribution in [0.25, 0.3) is 0 Å². The minimum absolute atomic E-state index is 0.00662. The van der Waals surface area contributed by atoms with Gasteiger partial charge in [-0.2, -0.15) is 0 Å². The first kappa shape index (κ1) is 18.8. The third-order valence-corrected chi connectivity index (χ3v) is 5.06. The molecule has 27 heavy (non-hydrogen) atoms. The Morgan fingerprint density at radius 1 is 1.19 bits per heavy atom. The molecular formula is C20H22N2O5. The molecule has 3 rings (SSSR count). The van der Waals surface area contributed by atoms with Crippen molar-refractivity contribution in [3.8, 4) is 5.75 Å². The number of nitrogens with zero attached hydrogens (tertiary/aromatic N) is 1. The first-order chi connectivity index (χ1) is 13.0. The number of methoxy groups -OCH3 is 1. The van der Waals surface area contributed by atoms with Crippen molar-refractivity contribution in [2.75, 3.05) is 25.6 Å². The van der Waals surface area contributed by atoms with Crippen LogP contribution in [0, 0.1) is 17.0 Å². The minimum atomic E-state index is -0.777. The molecule has 0 aliphatic carbocycles. The molecule has 0 unspecified atom stereocenters. The molecule has 142 valence electrons. The lowest BCUT2D eigenvalue weighted by Gasteiger charge is -2.36. The van der Waals surface area contributed by atoms with Crippen molar-refractivity contribution in [2.45, 2.75) is 25.2 Å².